The lowest BCUT2D eigenvalue weighted by atomic mass is 9.86. The van der Waals surface area contributed by atoms with Crippen LogP contribution in [0.3, 0.4) is 0 Å². The van der Waals surface area contributed by atoms with Crippen molar-refractivity contribution in [2.45, 2.75) is 64.2 Å². The molecule has 2 heteroatoms. The molecule has 1 heterocycles. The Labute approximate surface area is 98.5 Å². The zero-order chi connectivity index (χ0) is 11.6. The first-order valence-electron chi connectivity index (χ1n) is 6.40. The van der Waals surface area contributed by atoms with Gasteiger partial charge in [0, 0.05) is 23.7 Å². The van der Waals surface area contributed by atoms with Crippen LogP contribution in [0.25, 0.3) is 0 Å². The van der Waals surface area contributed by atoms with E-state index in [1.54, 1.807) is 0 Å². The predicted octanol–water partition coefficient (Wildman–Crippen LogP) is 3.82. The average molecular weight is 218 g/mol. The third-order valence-electron chi connectivity index (χ3n) is 3.45. The molecule has 2 nitrogen and oxygen atoms in total. The van der Waals surface area contributed by atoms with Crippen molar-refractivity contribution in [2.24, 2.45) is 0 Å². The van der Waals surface area contributed by atoms with Crippen molar-refractivity contribution in [3.63, 3.8) is 0 Å². The minimum absolute atomic E-state index is 0.109. The molecule has 0 amide bonds. The van der Waals surface area contributed by atoms with Gasteiger partial charge in [0.15, 0.2) is 0 Å². The Morgan fingerprint density at radius 3 is 2.38 bits per heavy atom. The van der Waals surface area contributed by atoms with Gasteiger partial charge in [-0.3, -0.25) is 9.97 Å². The fourth-order valence-corrected chi connectivity index (χ4v) is 2.34. The largest absolute Gasteiger partial charge is 0.261 e. The van der Waals surface area contributed by atoms with Crippen molar-refractivity contribution >= 4 is 0 Å². The number of hydrogen-bond donors (Lipinski definition) is 0. The minimum Gasteiger partial charge on any atom is -0.261 e. The van der Waals surface area contributed by atoms with Crippen LogP contribution in [0, 0.1) is 0 Å². The van der Waals surface area contributed by atoms with Gasteiger partial charge in [-0.1, -0.05) is 40.0 Å². The molecule has 0 bridgehead atoms. The zero-order valence-corrected chi connectivity index (χ0v) is 10.7. The molecular formula is C14H22N2. The van der Waals surface area contributed by atoms with Gasteiger partial charge in [-0.25, -0.2) is 0 Å². The number of hydrogen-bond acceptors (Lipinski definition) is 2. The van der Waals surface area contributed by atoms with Gasteiger partial charge in [-0.2, -0.15) is 0 Å². The Morgan fingerprint density at radius 2 is 1.75 bits per heavy atom. The van der Waals surface area contributed by atoms with E-state index < -0.39 is 0 Å². The Hall–Kier alpha value is -0.920. The molecule has 1 saturated carbocycles. The molecule has 0 saturated heterocycles. The fraction of sp³-hybridized carbons (Fsp3) is 0.714. The van der Waals surface area contributed by atoms with Gasteiger partial charge in [-0.05, 0) is 12.8 Å². The second-order valence-corrected chi connectivity index (χ2v) is 5.91. The van der Waals surface area contributed by atoms with Crippen LogP contribution in [0.2, 0.25) is 0 Å². The summed E-state index contributed by atoms with van der Waals surface area (Å²) in [5, 5.41) is 0. The van der Waals surface area contributed by atoms with E-state index in [0.29, 0.717) is 5.92 Å². The highest BCUT2D eigenvalue weighted by molar-refractivity contribution is 5.14. The third kappa shape index (κ3) is 2.60. The second kappa shape index (κ2) is 4.52. The van der Waals surface area contributed by atoms with Crippen LogP contribution in [0.5, 0.6) is 0 Å². The van der Waals surface area contributed by atoms with E-state index in [0.717, 1.165) is 5.69 Å². The average Bonchev–Trinajstić information content (AvgIpc) is 2.29. The summed E-state index contributed by atoms with van der Waals surface area (Å²) in [4.78, 5) is 9.17. The summed E-state index contributed by atoms with van der Waals surface area (Å²) >= 11 is 0. The summed E-state index contributed by atoms with van der Waals surface area (Å²) in [6, 6.07) is 0. The van der Waals surface area contributed by atoms with E-state index in [1.807, 2.05) is 12.4 Å². The number of nitrogens with zero attached hydrogens (tertiary/aromatic N) is 2. The van der Waals surface area contributed by atoms with Gasteiger partial charge >= 0.3 is 0 Å². The monoisotopic (exact) mass is 218 g/mol. The standard InChI is InChI=1S/C14H22N2/c1-14(2,3)13-10-15-9-12(16-13)11-7-5-4-6-8-11/h9-11H,4-8H2,1-3H3. The molecule has 0 aromatic carbocycles. The van der Waals surface area contributed by atoms with Gasteiger partial charge < -0.3 is 0 Å². The van der Waals surface area contributed by atoms with Crippen molar-refractivity contribution in [1.82, 2.24) is 9.97 Å². The molecule has 1 aromatic rings. The Morgan fingerprint density at radius 1 is 1.06 bits per heavy atom. The fourth-order valence-electron chi connectivity index (χ4n) is 2.34. The molecule has 0 atom stereocenters. The van der Waals surface area contributed by atoms with E-state index in [1.165, 1.54) is 37.8 Å². The Bertz CT molecular complexity index is 346. The van der Waals surface area contributed by atoms with Crippen molar-refractivity contribution < 1.29 is 0 Å². The van der Waals surface area contributed by atoms with Crippen molar-refractivity contribution in [3.8, 4) is 0 Å². The molecule has 1 aliphatic carbocycles. The molecule has 1 aromatic heterocycles. The summed E-state index contributed by atoms with van der Waals surface area (Å²) in [6.07, 6.45) is 10.6. The summed E-state index contributed by atoms with van der Waals surface area (Å²) in [5.74, 6) is 0.656. The van der Waals surface area contributed by atoms with E-state index in [4.69, 9.17) is 4.98 Å². The third-order valence-corrected chi connectivity index (χ3v) is 3.45. The first kappa shape index (κ1) is 11.6. The first-order valence-corrected chi connectivity index (χ1v) is 6.40. The van der Waals surface area contributed by atoms with Crippen LogP contribution in [-0.2, 0) is 5.41 Å². The number of aromatic nitrogens is 2. The van der Waals surface area contributed by atoms with Crippen LogP contribution >= 0.6 is 0 Å². The summed E-state index contributed by atoms with van der Waals surface area (Å²) in [5.41, 5.74) is 2.44. The molecule has 0 spiro atoms. The highest BCUT2D eigenvalue weighted by atomic mass is 14.8. The van der Waals surface area contributed by atoms with Crippen LogP contribution in [0.15, 0.2) is 12.4 Å². The maximum atomic E-state index is 4.81. The van der Waals surface area contributed by atoms with Crippen molar-refractivity contribution in [1.29, 1.82) is 0 Å². The van der Waals surface area contributed by atoms with Gasteiger partial charge in [0.2, 0.25) is 0 Å². The van der Waals surface area contributed by atoms with Gasteiger partial charge in [-0.15, -0.1) is 0 Å². The number of rotatable bonds is 1. The first-order chi connectivity index (χ1) is 7.57. The van der Waals surface area contributed by atoms with Crippen LogP contribution in [0.4, 0.5) is 0 Å². The molecule has 88 valence electrons. The predicted molar refractivity (Wildman–Crippen MR) is 66.6 cm³/mol. The van der Waals surface area contributed by atoms with E-state index in [9.17, 15) is 0 Å². The van der Waals surface area contributed by atoms with Crippen LogP contribution in [-0.4, -0.2) is 9.97 Å². The maximum Gasteiger partial charge on any atom is 0.0643 e. The molecule has 0 unspecified atom stereocenters. The zero-order valence-electron chi connectivity index (χ0n) is 10.7. The Balaban J connectivity index is 2.21. The van der Waals surface area contributed by atoms with E-state index >= 15 is 0 Å². The summed E-state index contributed by atoms with van der Waals surface area (Å²) < 4.78 is 0. The van der Waals surface area contributed by atoms with E-state index in [-0.39, 0.29) is 5.41 Å². The van der Waals surface area contributed by atoms with Crippen LogP contribution in [0.1, 0.15) is 70.2 Å². The van der Waals surface area contributed by atoms with Crippen LogP contribution < -0.4 is 0 Å². The van der Waals surface area contributed by atoms with Crippen molar-refractivity contribution in [3.05, 3.63) is 23.8 Å². The minimum atomic E-state index is 0.109. The molecule has 0 N–H and O–H groups in total. The highest BCUT2D eigenvalue weighted by Gasteiger charge is 2.20. The highest BCUT2D eigenvalue weighted by Crippen LogP contribution is 2.32. The molecule has 0 aliphatic heterocycles. The summed E-state index contributed by atoms with van der Waals surface area (Å²) in [6.45, 7) is 6.59. The molecule has 1 aliphatic rings. The van der Waals surface area contributed by atoms with Crippen molar-refractivity contribution in [2.75, 3.05) is 0 Å². The normalized spacial score (nSPS) is 18.7. The quantitative estimate of drug-likeness (QED) is 0.716. The van der Waals surface area contributed by atoms with Gasteiger partial charge in [0.25, 0.3) is 0 Å². The smallest absolute Gasteiger partial charge is 0.0643 e. The Kier molecular flexibility index (Phi) is 3.27. The van der Waals surface area contributed by atoms with Gasteiger partial charge in [0.1, 0.15) is 0 Å². The molecule has 16 heavy (non-hydrogen) atoms. The maximum absolute atomic E-state index is 4.81. The molecule has 1 fully saturated rings. The topological polar surface area (TPSA) is 25.8 Å². The molecule has 0 radical (unpaired) electrons. The lowest BCUT2D eigenvalue weighted by molar-refractivity contribution is 0.432. The van der Waals surface area contributed by atoms with Gasteiger partial charge in [0.05, 0.1) is 11.4 Å². The molecular weight excluding hydrogens is 196 g/mol. The summed E-state index contributed by atoms with van der Waals surface area (Å²) in [7, 11) is 0. The second-order valence-electron chi connectivity index (χ2n) is 5.91. The van der Waals surface area contributed by atoms with E-state index in [2.05, 4.69) is 25.8 Å². The lowest BCUT2D eigenvalue weighted by Crippen LogP contribution is -2.16. The lowest BCUT2D eigenvalue weighted by Gasteiger charge is -2.23. The molecule has 2 rings (SSSR count). The SMILES string of the molecule is CC(C)(C)c1cncc(C2CCCCC2)n1.